The van der Waals surface area contributed by atoms with Crippen molar-refractivity contribution in [1.29, 1.82) is 0 Å². The zero-order valence-corrected chi connectivity index (χ0v) is 16.4. The molecule has 4 heteroatoms. The van der Waals surface area contributed by atoms with E-state index in [1.54, 1.807) is 0 Å². The van der Waals surface area contributed by atoms with Crippen molar-refractivity contribution < 1.29 is 20.0 Å². The number of hydrogen-bond donors (Lipinski definition) is 2. The van der Waals surface area contributed by atoms with Gasteiger partial charge in [0.05, 0.1) is 27.7 Å². The molecule has 0 aliphatic carbocycles. The summed E-state index contributed by atoms with van der Waals surface area (Å²) in [4.78, 5) is 0. The van der Waals surface area contributed by atoms with E-state index < -0.39 is 0 Å². The Morgan fingerprint density at radius 1 is 0.565 bits per heavy atom. The van der Waals surface area contributed by atoms with Gasteiger partial charge in [-0.1, -0.05) is 89.0 Å². The molecule has 0 fully saturated rings. The van der Waals surface area contributed by atoms with Crippen molar-refractivity contribution >= 4 is 0 Å². The van der Waals surface area contributed by atoms with Crippen molar-refractivity contribution in [3.8, 4) is 0 Å². The second kappa shape index (κ2) is 19.9. The molecule has 142 valence electrons. The van der Waals surface area contributed by atoms with Crippen molar-refractivity contribution in [3.63, 3.8) is 0 Å². The molecule has 0 spiro atoms. The summed E-state index contributed by atoms with van der Waals surface area (Å²) in [5, 5.41) is 15.5. The molecule has 2 N–H and O–H groups in total. The molecule has 0 unspecified atom stereocenters. The third kappa shape index (κ3) is 30.3. The molecule has 0 heterocycles. The van der Waals surface area contributed by atoms with Crippen LogP contribution < -0.4 is 0 Å². The first kappa shape index (κ1) is 25.1. The molecular weight excluding hydrogens is 290 g/mol. The molecule has 0 amide bonds. The number of rotatable bonds is 15. The lowest BCUT2D eigenvalue weighted by Crippen LogP contribution is -2.35. The molecule has 0 rings (SSSR count). The highest BCUT2D eigenvalue weighted by Crippen LogP contribution is 2.13. The van der Waals surface area contributed by atoms with Gasteiger partial charge < -0.3 is 4.48 Å². The first-order chi connectivity index (χ1) is 11.0. The summed E-state index contributed by atoms with van der Waals surface area (Å²) < 4.78 is 1.12. The third-order valence-electron chi connectivity index (χ3n) is 4.18. The Morgan fingerprint density at radius 2 is 0.826 bits per heavy atom. The van der Waals surface area contributed by atoms with Gasteiger partial charge in [-0.2, -0.15) is 0 Å². The van der Waals surface area contributed by atoms with Crippen LogP contribution in [0.5, 0.6) is 0 Å². The lowest BCUT2D eigenvalue weighted by Gasteiger charge is -2.23. The lowest BCUT2D eigenvalue weighted by atomic mass is 10.0. The highest BCUT2D eigenvalue weighted by molar-refractivity contribution is 4.49. The van der Waals surface area contributed by atoms with Crippen molar-refractivity contribution in [3.05, 3.63) is 0 Å². The van der Waals surface area contributed by atoms with E-state index in [9.17, 15) is 0 Å². The van der Waals surface area contributed by atoms with Crippen LogP contribution in [-0.2, 0) is 5.04 Å². The van der Waals surface area contributed by atoms with Gasteiger partial charge in [-0.3, -0.25) is 0 Å². The van der Waals surface area contributed by atoms with Crippen molar-refractivity contribution in [1.82, 2.24) is 0 Å². The highest BCUT2D eigenvalue weighted by atomic mass is 17.4. The van der Waals surface area contributed by atoms with Gasteiger partial charge in [0, 0.05) is 0 Å². The van der Waals surface area contributed by atoms with Gasteiger partial charge in [-0.15, -0.1) is 0 Å². The fourth-order valence-electron chi connectivity index (χ4n) is 2.78. The van der Waals surface area contributed by atoms with Gasteiger partial charge >= 0.3 is 0 Å². The van der Waals surface area contributed by atoms with Crippen LogP contribution in [-0.4, -0.2) is 42.7 Å². The maximum Gasteiger partial charge on any atom is 0.0780 e. The molecule has 23 heavy (non-hydrogen) atoms. The Bertz CT molecular complexity index is 205. The lowest BCUT2D eigenvalue weighted by molar-refractivity contribution is -0.870. The van der Waals surface area contributed by atoms with Crippen LogP contribution in [0.25, 0.3) is 0 Å². The molecule has 0 bridgehead atoms. The maximum absolute atomic E-state index is 6.62. The van der Waals surface area contributed by atoms with Crippen LogP contribution >= 0.6 is 0 Å². The van der Waals surface area contributed by atoms with Crippen LogP contribution in [0.3, 0.4) is 0 Å². The quantitative estimate of drug-likeness (QED) is 0.164. The van der Waals surface area contributed by atoms with Crippen LogP contribution in [0.15, 0.2) is 0 Å². The second-order valence-electron chi connectivity index (χ2n) is 7.69. The predicted octanol–water partition coefficient (Wildman–Crippen LogP) is 6.12. The summed E-state index contributed by atoms with van der Waals surface area (Å²) in [6, 6.07) is 0. The van der Waals surface area contributed by atoms with E-state index in [1.807, 2.05) is 0 Å². The Morgan fingerprint density at radius 3 is 1.09 bits per heavy atom. The van der Waals surface area contributed by atoms with E-state index in [-0.39, 0.29) is 0 Å². The second-order valence-corrected chi connectivity index (χ2v) is 7.69. The predicted molar refractivity (Wildman–Crippen MR) is 99.6 cm³/mol. The van der Waals surface area contributed by atoms with Crippen molar-refractivity contribution in [2.45, 2.75) is 96.8 Å². The van der Waals surface area contributed by atoms with Gasteiger partial charge in [0.25, 0.3) is 0 Å². The van der Waals surface area contributed by atoms with E-state index in [0.29, 0.717) is 0 Å². The largest absolute Gasteiger partial charge is 0.331 e. The number of nitrogens with zero attached hydrogens (tertiary/aromatic N) is 1. The summed E-state index contributed by atoms with van der Waals surface area (Å²) in [6.45, 7) is 3.63. The minimum Gasteiger partial charge on any atom is -0.331 e. The van der Waals surface area contributed by atoms with Gasteiger partial charge in [-0.25, -0.2) is 10.5 Å². The van der Waals surface area contributed by atoms with Crippen LogP contribution in [0.4, 0.5) is 0 Å². The van der Waals surface area contributed by atoms with E-state index >= 15 is 0 Å². The SMILES string of the molecule is CCCCCCCCCCCCCCCC[N+](C)(C)C.OOO. The van der Waals surface area contributed by atoms with Crippen LogP contribution in [0.1, 0.15) is 96.8 Å². The normalized spacial score (nSPS) is 11.2. The fraction of sp³-hybridized carbons (Fsp3) is 1.00. The minimum atomic E-state index is 1.12. The molecule has 0 atom stereocenters. The maximum atomic E-state index is 6.62. The van der Waals surface area contributed by atoms with E-state index in [0.717, 1.165) is 4.48 Å². The van der Waals surface area contributed by atoms with Gasteiger partial charge in [0.15, 0.2) is 0 Å². The molecule has 0 aromatic carbocycles. The van der Waals surface area contributed by atoms with Crippen molar-refractivity contribution in [2.24, 2.45) is 0 Å². The Hall–Kier alpha value is -0.160. The number of quaternary nitrogens is 1. The molecule has 0 radical (unpaired) electrons. The van der Waals surface area contributed by atoms with Crippen LogP contribution in [0.2, 0.25) is 0 Å². The van der Waals surface area contributed by atoms with Gasteiger partial charge in [-0.05, 0) is 12.8 Å². The van der Waals surface area contributed by atoms with Crippen molar-refractivity contribution in [2.75, 3.05) is 27.7 Å². The van der Waals surface area contributed by atoms with E-state index in [2.05, 4.69) is 33.1 Å². The zero-order chi connectivity index (χ0) is 17.8. The summed E-state index contributed by atoms with van der Waals surface area (Å²) in [5.74, 6) is 0. The van der Waals surface area contributed by atoms with Gasteiger partial charge in [0.1, 0.15) is 0 Å². The third-order valence-corrected chi connectivity index (χ3v) is 4.18. The molecule has 0 saturated heterocycles. The zero-order valence-electron chi connectivity index (χ0n) is 16.4. The molecule has 0 saturated carbocycles. The molecule has 0 aromatic rings. The first-order valence-corrected chi connectivity index (χ1v) is 9.73. The molecule has 4 nitrogen and oxygen atoms in total. The molecule has 0 aliphatic rings. The fourth-order valence-corrected chi connectivity index (χ4v) is 2.78. The number of unbranched alkanes of at least 4 members (excludes halogenated alkanes) is 13. The summed E-state index contributed by atoms with van der Waals surface area (Å²) in [6.07, 6.45) is 20.4. The summed E-state index contributed by atoms with van der Waals surface area (Å²) >= 11 is 0. The Balaban J connectivity index is 0. The average Bonchev–Trinajstić information content (AvgIpc) is 2.47. The molecular formula is C19H44NO3+. The first-order valence-electron chi connectivity index (χ1n) is 9.73. The monoisotopic (exact) mass is 334 g/mol. The summed E-state index contributed by atoms with van der Waals surface area (Å²) in [5.41, 5.74) is 0. The summed E-state index contributed by atoms with van der Waals surface area (Å²) in [7, 11) is 6.88. The smallest absolute Gasteiger partial charge is 0.0780 e. The van der Waals surface area contributed by atoms with E-state index in [1.165, 1.54) is 96.4 Å². The topological polar surface area (TPSA) is 49.7 Å². The highest BCUT2D eigenvalue weighted by Gasteiger charge is 2.04. The Labute approximate surface area is 145 Å². The minimum absolute atomic E-state index is 1.12. The van der Waals surface area contributed by atoms with Crippen LogP contribution in [0, 0.1) is 0 Å². The average molecular weight is 335 g/mol. The van der Waals surface area contributed by atoms with Gasteiger partial charge in [0.2, 0.25) is 0 Å². The molecule has 0 aliphatic heterocycles. The molecule has 0 aromatic heterocycles. The number of hydrogen-bond acceptors (Lipinski definition) is 3. The standard InChI is InChI=1S/C19H42N.H2O3/c1-5-6-7-8-9-10-11-12-13-14-15-16-17-18-19-20(2,3)4;1-3-2/h5-19H2,1-4H3;1-2H/q+1;. The Kier molecular flexibility index (Phi) is 21.7. The van der Waals surface area contributed by atoms with E-state index in [4.69, 9.17) is 10.5 Å².